The first kappa shape index (κ1) is 20.5. The van der Waals surface area contributed by atoms with Crippen LogP contribution in [0, 0.1) is 19.8 Å². The van der Waals surface area contributed by atoms with Crippen LogP contribution < -0.4 is 20.9 Å². The summed E-state index contributed by atoms with van der Waals surface area (Å²) >= 11 is 0. The molecule has 3 amide bonds. The predicted molar refractivity (Wildman–Crippen MR) is 94.7 cm³/mol. The van der Waals surface area contributed by atoms with Gasteiger partial charge in [0, 0.05) is 6.92 Å². The van der Waals surface area contributed by atoms with Crippen LogP contribution in [0.15, 0.2) is 18.2 Å². The van der Waals surface area contributed by atoms with Gasteiger partial charge in [0.1, 0.15) is 11.8 Å². The molecule has 0 aliphatic heterocycles. The molecule has 0 aliphatic carbocycles. The Labute approximate surface area is 148 Å². The number of hydrogen-bond donors (Lipinski definition) is 3. The summed E-state index contributed by atoms with van der Waals surface area (Å²) < 4.78 is 5.66. The zero-order valence-electron chi connectivity index (χ0n) is 15.6. The van der Waals surface area contributed by atoms with E-state index >= 15 is 0 Å². The maximum absolute atomic E-state index is 12.1. The Morgan fingerprint density at radius 2 is 1.60 bits per heavy atom. The molecular weight excluding hydrogens is 322 g/mol. The van der Waals surface area contributed by atoms with Crippen molar-refractivity contribution in [3.63, 3.8) is 0 Å². The highest BCUT2D eigenvalue weighted by molar-refractivity contribution is 5.89. The van der Waals surface area contributed by atoms with Crippen molar-refractivity contribution in [1.29, 1.82) is 0 Å². The summed E-state index contributed by atoms with van der Waals surface area (Å²) in [7, 11) is 0. The minimum absolute atomic E-state index is 0.121. The van der Waals surface area contributed by atoms with Crippen LogP contribution in [-0.4, -0.2) is 29.9 Å². The molecule has 3 N–H and O–H groups in total. The average Bonchev–Trinajstić information content (AvgIpc) is 2.53. The molecule has 1 rings (SSSR count). The number of ether oxygens (including phenoxy) is 1. The summed E-state index contributed by atoms with van der Waals surface area (Å²) in [6.07, 6.45) is -0.793. The lowest BCUT2D eigenvalue weighted by molar-refractivity contribution is -0.135. The van der Waals surface area contributed by atoms with Crippen LogP contribution in [0.3, 0.4) is 0 Å². The van der Waals surface area contributed by atoms with Crippen molar-refractivity contribution >= 4 is 17.7 Å². The first-order valence-electron chi connectivity index (χ1n) is 8.23. The highest BCUT2D eigenvalue weighted by Crippen LogP contribution is 2.21. The number of hydrogen-bond acceptors (Lipinski definition) is 4. The Balaban J connectivity index is 2.61. The summed E-state index contributed by atoms with van der Waals surface area (Å²) in [6, 6.07) is 4.87. The molecule has 0 fully saturated rings. The van der Waals surface area contributed by atoms with Gasteiger partial charge in [0.2, 0.25) is 5.91 Å². The largest absolute Gasteiger partial charge is 0.481 e. The first-order valence-corrected chi connectivity index (χ1v) is 8.23. The molecule has 1 aromatic carbocycles. The fraction of sp³-hybridized carbons (Fsp3) is 0.500. The van der Waals surface area contributed by atoms with E-state index in [0.29, 0.717) is 5.75 Å². The second-order valence-electron chi connectivity index (χ2n) is 6.36. The van der Waals surface area contributed by atoms with E-state index in [1.165, 1.54) is 6.92 Å². The molecule has 0 aliphatic rings. The van der Waals surface area contributed by atoms with E-state index in [0.717, 1.165) is 11.1 Å². The van der Waals surface area contributed by atoms with Gasteiger partial charge in [-0.05, 0) is 43.9 Å². The normalized spacial score (nSPS) is 12.9. The van der Waals surface area contributed by atoms with E-state index in [1.54, 1.807) is 26.8 Å². The summed E-state index contributed by atoms with van der Waals surface area (Å²) in [4.78, 5) is 35.4. The fourth-order valence-corrected chi connectivity index (χ4v) is 2.15. The van der Waals surface area contributed by atoms with Crippen LogP contribution >= 0.6 is 0 Å². The van der Waals surface area contributed by atoms with Crippen LogP contribution in [0.1, 0.15) is 38.8 Å². The fourth-order valence-electron chi connectivity index (χ4n) is 2.15. The Hall–Kier alpha value is -2.57. The molecule has 7 nitrogen and oxygen atoms in total. The van der Waals surface area contributed by atoms with Crippen LogP contribution in [0.4, 0.5) is 0 Å². The van der Waals surface area contributed by atoms with Crippen molar-refractivity contribution in [2.24, 2.45) is 5.92 Å². The minimum Gasteiger partial charge on any atom is -0.481 e. The number of amides is 3. The van der Waals surface area contributed by atoms with Gasteiger partial charge < -0.3 is 10.1 Å². The van der Waals surface area contributed by atoms with Gasteiger partial charge in [-0.25, -0.2) is 0 Å². The molecule has 1 aromatic rings. The maximum Gasteiger partial charge on any atom is 0.279 e. The minimum atomic E-state index is -0.793. The molecule has 25 heavy (non-hydrogen) atoms. The van der Waals surface area contributed by atoms with Crippen LogP contribution in [0.5, 0.6) is 5.75 Å². The summed E-state index contributed by atoms with van der Waals surface area (Å²) in [5.41, 5.74) is 6.68. The van der Waals surface area contributed by atoms with Gasteiger partial charge in [-0.1, -0.05) is 26.0 Å². The highest BCUT2D eigenvalue weighted by Gasteiger charge is 2.24. The van der Waals surface area contributed by atoms with Crippen molar-refractivity contribution in [1.82, 2.24) is 16.2 Å². The first-order chi connectivity index (χ1) is 11.6. The van der Waals surface area contributed by atoms with Crippen LogP contribution in [0.25, 0.3) is 0 Å². The molecule has 0 bridgehead atoms. The molecule has 2 atom stereocenters. The topological polar surface area (TPSA) is 96.5 Å². The summed E-state index contributed by atoms with van der Waals surface area (Å²) in [5, 5.41) is 2.55. The number of nitrogens with one attached hydrogen (secondary N) is 3. The molecule has 138 valence electrons. The van der Waals surface area contributed by atoms with E-state index in [9.17, 15) is 14.4 Å². The molecular formula is C18H27N3O4. The average molecular weight is 349 g/mol. The van der Waals surface area contributed by atoms with E-state index in [2.05, 4.69) is 16.2 Å². The molecule has 0 radical (unpaired) electrons. The highest BCUT2D eigenvalue weighted by atomic mass is 16.5. The molecule has 0 spiro atoms. The third-order valence-electron chi connectivity index (χ3n) is 3.84. The Morgan fingerprint density at radius 3 is 2.16 bits per heavy atom. The molecule has 0 aromatic heterocycles. The quantitative estimate of drug-likeness (QED) is 0.676. The monoisotopic (exact) mass is 349 g/mol. The number of carbonyl (C=O) groups excluding carboxylic acids is 3. The lowest BCUT2D eigenvalue weighted by atomic mass is 10.0. The number of benzene rings is 1. The van der Waals surface area contributed by atoms with Gasteiger partial charge in [-0.2, -0.15) is 0 Å². The van der Waals surface area contributed by atoms with Gasteiger partial charge in [0.15, 0.2) is 6.10 Å². The summed E-state index contributed by atoms with van der Waals surface area (Å²) in [6.45, 7) is 10.4. The lowest BCUT2D eigenvalue weighted by Crippen LogP contribution is -2.55. The molecule has 0 heterocycles. The van der Waals surface area contributed by atoms with Crippen molar-refractivity contribution in [2.75, 3.05) is 0 Å². The number of rotatable bonds is 6. The van der Waals surface area contributed by atoms with Crippen molar-refractivity contribution in [3.05, 3.63) is 29.3 Å². The zero-order valence-corrected chi connectivity index (χ0v) is 15.6. The summed E-state index contributed by atoms with van der Waals surface area (Å²) in [5.74, 6) is -0.791. The lowest BCUT2D eigenvalue weighted by Gasteiger charge is -2.22. The molecule has 0 saturated heterocycles. The van der Waals surface area contributed by atoms with E-state index < -0.39 is 24.0 Å². The maximum atomic E-state index is 12.1. The Morgan fingerprint density at radius 1 is 1.00 bits per heavy atom. The van der Waals surface area contributed by atoms with E-state index in [1.807, 2.05) is 26.0 Å². The second kappa shape index (κ2) is 9.05. The van der Waals surface area contributed by atoms with E-state index in [-0.39, 0.29) is 11.8 Å². The Kier molecular flexibility index (Phi) is 7.42. The third-order valence-corrected chi connectivity index (χ3v) is 3.84. The second-order valence-corrected chi connectivity index (χ2v) is 6.36. The van der Waals surface area contributed by atoms with Gasteiger partial charge in [0.05, 0.1) is 0 Å². The molecule has 0 unspecified atom stereocenters. The molecule has 7 heteroatoms. The van der Waals surface area contributed by atoms with Crippen molar-refractivity contribution in [3.8, 4) is 5.75 Å². The smallest absolute Gasteiger partial charge is 0.279 e. The molecule has 0 saturated carbocycles. The van der Waals surface area contributed by atoms with Crippen molar-refractivity contribution in [2.45, 2.75) is 53.7 Å². The number of hydrazine groups is 1. The Bertz CT molecular complexity index is 643. The van der Waals surface area contributed by atoms with Crippen LogP contribution in [0.2, 0.25) is 0 Å². The van der Waals surface area contributed by atoms with Crippen LogP contribution in [-0.2, 0) is 14.4 Å². The third kappa shape index (κ3) is 6.10. The zero-order chi connectivity index (χ0) is 19.1. The number of aryl methyl sites for hydroxylation is 1. The van der Waals surface area contributed by atoms with Crippen molar-refractivity contribution < 1.29 is 19.1 Å². The van der Waals surface area contributed by atoms with Gasteiger partial charge >= 0.3 is 0 Å². The van der Waals surface area contributed by atoms with E-state index in [4.69, 9.17) is 4.74 Å². The SMILES string of the molecule is CC(=O)N[C@H](C(=O)NNC(=O)[C@H](C)Oc1cccc(C)c1C)C(C)C. The van der Waals surface area contributed by atoms with Gasteiger partial charge in [-0.15, -0.1) is 0 Å². The van der Waals surface area contributed by atoms with Gasteiger partial charge in [0.25, 0.3) is 11.8 Å². The predicted octanol–water partition coefficient (Wildman–Crippen LogP) is 1.38. The number of carbonyl (C=O) groups is 3. The van der Waals surface area contributed by atoms with Gasteiger partial charge in [-0.3, -0.25) is 25.2 Å². The standard InChI is InChI=1S/C18H27N3O4/c1-10(2)16(19-14(6)22)18(24)21-20-17(23)13(5)25-15-9-7-8-11(3)12(15)4/h7-10,13,16H,1-6H3,(H,19,22)(H,20,23)(H,21,24)/t13-,16-/m0/s1.